The summed E-state index contributed by atoms with van der Waals surface area (Å²) in [5.74, 6) is -1.67. The topological polar surface area (TPSA) is 58.2 Å². The molecule has 0 unspecified atom stereocenters. The molecule has 148 valence electrons. The van der Waals surface area contributed by atoms with Gasteiger partial charge in [0.15, 0.2) is 0 Å². The molecule has 0 heterocycles. The number of nitrogens with one attached hydrogen (secondary N) is 2. The van der Waals surface area contributed by atoms with Gasteiger partial charge in [-0.1, -0.05) is 54.6 Å². The third kappa shape index (κ3) is 4.91. The van der Waals surface area contributed by atoms with Gasteiger partial charge in [-0.25, -0.2) is 0 Å². The Morgan fingerprint density at radius 1 is 0.655 bits per heavy atom. The number of anilines is 2. The van der Waals surface area contributed by atoms with Gasteiger partial charge >= 0.3 is 0 Å². The van der Waals surface area contributed by atoms with Gasteiger partial charge in [0.2, 0.25) is 11.8 Å². The zero-order chi connectivity index (χ0) is 21.0. The zero-order valence-corrected chi connectivity index (χ0v) is 17.2. The molecule has 0 aliphatic heterocycles. The number of hydrogen-bond acceptors (Lipinski definition) is 2. The lowest BCUT2D eigenvalue weighted by Crippen LogP contribution is -2.32. The van der Waals surface area contributed by atoms with E-state index in [1.807, 2.05) is 82.3 Å². The second-order valence-corrected chi connectivity index (χ2v) is 7.46. The summed E-state index contributed by atoms with van der Waals surface area (Å²) in [6, 6.07) is 20.9. The van der Waals surface area contributed by atoms with Crippen molar-refractivity contribution in [3.05, 3.63) is 94.5 Å². The van der Waals surface area contributed by atoms with E-state index < -0.39 is 5.92 Å². The smallest absolute Gasteiger partial charge is 0.241 e. The lowest BCUT2D eigenvalue weighted by atomic mass is 9.96. The molecule has 3 rings (SSSR count). The van der Waals surface area contributed by atoms with E-state index >= 15 is 0 Å². The van der Waals surface area contributed by atoms with E-state index in [9.17, 15) is 9.59 Å². The molecule has 3 aromatic rings. The van der Waals surface area contributed by atoms with Gasteiger partial charge in [-0.05, 0) is 67.6 Å². The Kier molecular flexibility index (Phi) is 6.13. The van der Waals surface area contributed by atoms with E-state index in [1.165, 1.54) is 0 Å². The molecule has 29 heavy (non-hydrogen) atoms. The monoisotopic (exact) mass is 386 g/mol. The van der Waals surface area contributed by atoms with Crippen LogP contribution in [-0.4, -0.2) is 11.8 Å². The van der Waals surface area contributed by atoms with Crippen LogP contribution < -0.4 is 10.6 Å². The van der Waals surface area contributed by atoms with Crippen molar-refractivity contribution < 1.29 is 9.59 Å². The summed E-state index contributed by atoms with van der Waals surface area (Å²) in [6.07, 6.45) is 0. The highest BCUT2D eigenvalue weighted by Gasteiger charge is 2.29. The van der Waals surface area contributed by atoms with Crippen molar-refractivity contribution in [1.82, 2.24) is 0 Å². The van der Waals surface area contributed by atoms with Crippen LogP contribution in [0.3, 0.4) is 0 Å². The Balaban J connectivity index is 1.92. The fourth-order valence-electron chi connectivity index (χ4n) is 3.22. The summed E-state index contributed by atoms with van der Waals surface area (Å²) in [6.45, 7) is 7.81. The van der Waals surface area contributed by atoms with Crippen molar-refractivity contribution in [2.75, 3.05) is 10.6 Å². The maximum absolute atomic E-state index is 13.2. The molecule has 0 atom stereocenters. The summed E-state index contributed by atoms with van der Waals surface area (Å²) in [5.41, 5.74) is 6.07. The van der Waals surface area contributed by atoms with Crippen LogP contribution in [0.5, 0.6) is 0 Å². The van der Waals surface area contributed by atoms with Crippen molar-refractivity contribution >= 4 is 23.2 Å². The lowest BCUT2D eigenvalue weighted by molar-refractivity contribution is -0.125. The Hall–Kier alpha value is -3.40. The molecule has 4 nitrogen and oxygen atoms in total. The molecule has 0 bridgehead atoms. The summed E-state index contributed by atoms with van der Waals surface area (Å²) in [4.78, 5) is 26.4. The second kappa shape index (κ2) is 8.74. The first-order valence-electron chi connectivity index (χ1n) is 9.66. The van der Waals surface area contributed by atoms with Crippen LogP contribution in [-0.2, 0) is 9.59 Å². The fraction of sp³-hybridized carbons (Fsp3) is 0.200. The molecule has 0 saturated heterocycles. The molecular formula is C25H26N2O2. The first kappa shape index (κ1) is 20.3. The highest BCUT2D eigenvalue weighted by Crippen LogP contribution is 2.24. The fourth-order valence-corrected chi connectivity index (χ4v) is 3.22. The van der Waals surface area contributed by atoms with Crippen LogP contribution in [0.25, 0.3) is 0 Å². The minimum atomic E-state index is -0.962. The number of benzene rings is 3. The predicted molar refractivity (Wildman–Crippen MR) is 118 cm³/mol. The third-order valence-corrected chi connectivity index (χ3v) is 4.96. The molecule has 0 fully saturated rings. The maximum atomic E-state index is 13.2. The first-order chi connectivity index (χ1) is 13.8. The zero-order valence-electron chi connectivity index (χ0n) is 17.2. The molecule has 0 aliphatic carbocycles. The molecular weight excluding hydrogens is 360 g/mol. The van der Waals surface area contributed by atoms with Gasteiger partial charge in [0.05, 0.1) is 0 Å². The standard InChI is InChI=1S/C25H26N2O2/c1-16-10-12-18(3)21(14-16)26-24(28)23(20-8-6-5-7-9-20)25(29)27-22-15-17(2)11-13-19(22)4/h5-15,23H,1-4H3,(H,26,28)(H,27,29). The number of carbonyl (C=O) groups is 2. The lowest BCUT2D eigenvalue weighted by Gasteiger charge is -2.19. The summed E-state index contributed by atoms with van der Waals surface area (Å²) >= 11 is 0. The van der Waals surface area contributed by atoms with Gasteiger partial charge in [0.25, 0.3) is 0 Å². The van der Waals surface area contributed by atoms with Gasteiger partial charge in [-0.3, -0.25) is 9.59 Å². The van der Waals surface area contributed by atoms with E-state index in [0.717, 1.165) is 33.6 Å². The van der Waals surface area contributed by atoms with Gasteiger partial charge in [-0.2, -0.15) is 0 Å². The Bertz CT molecular complexity index is 976. The molecule has 0 aliphatic rings. The van der Waals surface area contributed by atoms with Crippen LogP contribution in [0.4, 0.5) is 11.4 Å². The Labute approximate surface area is 172 Å². The maximum Gasteiger partial charge on any atom is 0.241 e. The second-order valence-electron chi connectivity index (χ2n) is 7.46. The molecule has 4 heteroatoms. The van der Waals surface area contributed by atoms with Gasteiger partial charge in [0, 0.05) is 11.4 Å². The average molecular weight is 386 g/mol. The Morgan fingerprint density at radius 3 is 1.55 bits per heavy atom. The van der Waals surface area contributed by atoms with E-state index in [-0.39, 0.29) is 11.8 Å². The van der Waals surface area contributed by atoms with Crippen molar-refractivity contribution in [2.24, 2.45) is 0 Å². The number of amides is 2. The summed E-state index contributed by atoms with van der Waals surface area (Å²) in [5, 5.41) is 5.89. The van der Waals surface area contributed by atoms with Crippen LogP contribution in [0.15, 0.2) is 66.7 Å². The van der Waals surface area contributed by atoms with E-state index in [1.54, 1.807) is 12.1 Å². The summed E-state index contributed by atoms with van der Waals surface area (Å²) < 4.78 is 0. The van der Waals surface area contributed by atoms with Crippen molar-refractivity contribution in [3.63, 3.8) is 0 Å². The SMILES string of the molecule is Cc1ccc(C)c(NC(=O)C(C(=O)Nc2cc(C)ccc2C)c2ccccc2)c1. The van der Waals surface area contributed by atoms with Crippen LogP contribution in [0, 0.1) is 27.7 Å². The molecule has 0 spiro atoms. The number of hydrogen-bond donors (Lipinski definition) is 2. The number of carbonyl (C=O) groups excluding carboxylic acids is 2. The highest BCUT2D eigenvalue weighted by molar-refractivity contribution is 6.15. The van der Waals surface area contributed by atoms with Crippen LogP contribution in [0.1, 0.15) is 33.7 Å². The van der Waals surface area contributed by atoms with Gasteiger partial charge < -0.3 is 10.6 Å². The van der Waals surface area contributed by atoms with Gasteiger partial charge in [-0.15, -0.1) is 0 Å². The molecule has 0 saturated carbocycles. The Morgan fingerprint density at radius 2 is 1.10 bits per heavy atom. The molecule has 0 aromatic heterocycles. The predicted octanol–water partition coefficient (Wildman–Crippen LogP) is 5.28. The minimum absolute atomic E-state index is 0.354. The molecule has 2 amide bonds. The van der Waals surface area contributed by atoms with E-state index in [4.69, 9.17) is 0 Å². The van der Waals surface area contributed by atoms with Crippen molar-refractivity contribution in [1.29, 1.82) is 0 Å². The quantitative estimate of drug-likeness (QED) is 0.586. The largest absolute Gasteiger partial charge is 0.325 e. The van der Waals surface area contributed by atoms with E-state index in [0.29, 0.717) is 5.56 Å². The average Bonchev–Trinajstić information content (AvgIpc) is 2.68. The number of aryl methyl sites for hydroxylation is 4. The van der Waals surface area contributed by atoms with E-state index in [2.05, 4.69) is 10.6 Å². The first-order valence-corrected chi connectivity index (χ1v) is 9.66. The molecule has 3 aromatic carbocycles. The van der Waals surface area contributed by atoms with Crippen LogP contribution >= 0.6 is 0 Å². The van der Waals surface area contributed by atoms with Crippen molar-refractivity contribution in [2.45, 2.75) is 33.6 Å². The highest BCUT2D eigenvalue weighted by atomic mass is 16.2. The molecule has 0 radical (unpaired) electrons. The molecule has 2 N–H and O–H groups in total. The minimum Gasteiger partial charge on any atom is -0.325 e. The third-order valence-electron chi connectivity index (χ3n) is 4.96. The summed E-state index contributed by atoms with van der Waals surface area (Å²) in [7, 11) is 0. The normalized spacial score (nSPS) is 10.7. The van der Waals surface area contributed by atoms with Crippen molar-refractivity contribution in [3.8, 4) is 0 Å². The van der Waals surface area contributed by atoms with Gasteiger partial charge in [0.1, 0.15) is 5.92 Å². The van der Waals surface area contributed by atoms with Crippen LogP contribution in [0.2, 0.25) is 0 Å². The number of rotatable bonds is 5.